The van der Waals surface area contributed by atoms with Crippen molar-refractivity contribution in [2.45, 2.75) is 77.8 Å². The Morgan fingerprint density at radius 3 is 2.41 bits per heavy atom. The van der Waals surface area contributed by atoms with Gasteiger partial charge in [-0.15, -0.1) is 11.3 Å². The van der Waals surface area contributed by atoms with Crippen molar-refractivity contribution < 1.29 is 14.3 Å². The van der Waals surface area contributed by atoms with Gasteiger partial charge in [-0.25, -0.2) is 0 Å². The second kappa shape index (κ2) is 9.84. The Morgan fingerprint density at radius 1 is 1.16 bits per heavy atom. The molecule has 1 aromatic carbocycles. The molecule has 32 heavy (non-hydrogen) atoms. The third-order valence-electron chi connectivity index (χ3n) is 5.97. The number of carbonyl (C=O) groups excluding carboxylic acids is 1. The fourth-order valence-electron chi connectivity index (χ4n) is 4.38. The van der Waals surface area contributed by atoms with E-state index in [1.165, 1.54) is 10.4 Å². The fraction of sp³-hybridized carbons (Fsp3) is 0.577. The molecule has 0 fully saturated rings. The zero-order chi connectivity index (χ0) is 23.6. The van der Waals surface area contributed by atoms with Crippen LogP contribution in [0, 0.1) is 5.92 Å². The van der Waals surface area contributed by atoms with Crippen molar-refractivity contribution in [3.05, 3.63) is 44.6 Å². The average molecular weight is 459 g/mol. The van der Waals surface area contributed by atoms with Gasteiger partial charge in [0.1, 0.15) is 0 Å². The molecule has 0 saturated heterocycles. The number of hydrogen-bond donors (Lipinski definition) is 2. The summed E-state index contributed by atoms with van der Waals surface area (Å²) in [5.74, 6) is 1.97. The molecule has 0 saturated carbocycles. The number of fused-ring (bicyclic) bond motifs is 1. The van der Waals surface area contributed by atoms with Gasteiger partial charge in [-0.2, -0.15) is 0 Å². The van der Waals surface area contributed by atoms with E-state index in [0.29, 0.717) is 11.7 Å². The Labute approximate surface area is 196 Å². The summed E-state index contributed by atoms with van der Waals surface area (Å²) in [7, 11) is 3.31. The maximum absolute atomic E-state index is 13.3. The molecule has 0 aliphatic heterocycles. The highest BCUT2D eigenvalue weighted by molar-refractivity contribution is 7.14. The van der Waals surface area contributed by atoms with Crippen LogP contribution in [0.1, 0.15) is 84.6 Å². The van der Waals surface area contributed by atoms with Crippen molar-refractivity contribution in [3.8, 4) is 11.5 Å². The summed E-state index contributed by atoms with van der Waals surface area (Å²) in [5, 5.41) is 3.16. The number of nitrogens with one attached hydrogen (secondary N) is 1. The first-order valence-electron chi connectivity index (χ1n) is 11.5. The van der Waals surface area contributed by atoms with Gasteiger partial charge in [0.05, 0.1) is 19.1 Å². The minimum atomic E-state index is -0.306. The maximum atomic E-state index is 13.3. The smallest absolute Gasteiger partial charge is 0.262 e. The van der Waals surface area contributed by atoms with Crippen LogP contribution in [-0.4, -0.2) is 31.7 Å². The van der Waals surface area contributed by atoms with Gasteiger partial charge < -0.3 is 20.5 Å². The van der Waals surface area contributed by atoms with Gasteiger partial charge in [-0.3, -0.25) is 4.79 Å². The number of methoxy groups -OCH3 is 2. The predicted molar refractivity (Wildman–Crippen MR) is 132 cm³/mol. The Balaban J connectivity index is 2.11. The monoisotopic (exact) mass is 458 g/mol. The van der Waals surface area contributed by atoms with Crippen molar-refractivity contribution >= 4 is 17.2 Å². The number of benzene rings is 1. The van der Waals surface area contributed by atoms with E-state index in [-0.39, 0.29) is 23.4 Å². The van der Waals surface area contributed by atoms with Crippen LogP contribution < -0.4 is 20.5 Å². The van der Waals surface area contributed by atoms with Crippen molar-refractivity contribution in [1.29, 1.82) is 0 Å². The summed E-state index contributed by atoms with van der Waals surface area (Å²) in [6.07, 6.45) is 3.82. The molecule has 2 aromatic rings. The van der Waals surface area contributed by atoms with Crippen LogP contribution in [0.25, 0.3) is 0 Å². The maximum Gasteiger partial charge on any atom is 0.262 e. The summed E-state index contributed by atoms with van der Waals surface area (Å²) < 4.78 is 11.1. The van der Waals surface area contributed by atoms with E-state index in [9.17, 15) is 4.79 Å². The lowest BCUT2D eigenvalue weighted by atomic mass is 9.75. The van der Waals surface area contributed by atoms with Crippen LogP contribution in [0.4, 0.5) is 0 Å². The van der Waals surface area contributed by atoms with Gasteiger partial charge in [0.15, 0.2) is 11.5 Å². The first kappa shape index (κ1) is 24.6. The lowest BCUT2D eigenvalue weighted by Crippen LogP contribution is -2.41. The molecule has 0 bridgehead atoms. The van der Waals surface area contributed by atoms with Gasteiger partial charge in [0.2, 0.25) is 0 Å². The molecule has 5 nitrogen and oxygen atoms in total. The number of rotatable bonds is 7. The SMILES string of the molecule is COc1cc2c(cc1OC)[C@H](c1cc(CCC(C)C)sc1C(=O)NC(C)(C)C)[C@@H](N)CC2. The van der Waals surface area contributed by atoms with Crippen molar-refractivity contribution in [3.63, 3.8) is 0 Å². The average Bonchev–Trinajstić information content (AvgIpc) is 3.14. The molecule has 176 valence electrons. The van der Waals surface area contributed by atoms with E-state index in [1.807, 2.05) is 20.8 Å². The van der Waals surface area contributed by atoms with Crippen LogP contribution in [-0.2, 0) is 12.8 Å². The number of aryl methyl sites for hydroxylation is 2. The van der Waals surface area contributed by atoms with Crippen molar-refractivity contribution in [2.75, 3.05) is 14.2 Å². The summed E-state index contributed by atoms with van der Waals surface area (Å²) >= 11 is 1.61. The molecule has 0 unspecified atom stereocenters. The molecule has 6 heteroatoms. The molecule has 2 atom stereocenters. The molecule has 1 aliphatic carbocycles. The highest BCUT2D eigenvalue weighted by Crippen LogP contribution is 2.44. The third-order valence-corrected chi connectivity index (χ3v) is 7.17. The first-order chi connectivity index (χ1) is 15.0. The van der Waals surface area contributed by atoms with Gasteiger partial charge >= 0.3 is 0 Å². The third kappa shape index (κ3) is 5.46. The molecule has 3 rings (SSSR count). The van der Waals surface area contributed by atoms with E-state index in [0.717, 1.165) is 47.4 Å². The second-order valence-electron chi connectivity index (χ2n) is 10.2. The van der Waals surface area contributed by atoms with Crippen LogP contribution in [0.5, 0.6) is 11.5 Å². The van der Waals surface area contributed by atoms with Crippen LogP contribution in [0.15, 0.2) is 18.2 Å². The Bertz CT molecular complexity index is 959. The summed E-state index contributed by atoms with van der Waals surface area (Å²) in [6, 6.07) is 6.28. The zero-order valence-electron chi connectivity index (χ0n) is 20.5. The van der Waals surface area contributed by atoms with Gasteiger partial charge in [0.25, 0.3) is 5.91 Å². The standard InChI is InChI=1S/C26H38N2O3S/c1-15(2)8-10-17-13-19(24(32-17)25(29)28-26(3,4)5)23-18-14-22(31-7)21(30-6)12-16(18)9-11-20(23)27/h12-15,20,23H,8-11,27H2,1-7H3,(H,28,29)/t20-,23+/m0/s1. The Hall–Kier alpha value is -2.05. The molecule has 0 radical (unpaired) electrons. The summed E-state index contributed by atoms with van der Waals surface area (Å²) in [6.45, 7) is 10.5. The number of amides is 1. The van der Waals surface area contributed by atoms with Crippen LogP contribution >= 0.6 is 11.3 Å². The predicted octanol–water partition coefficient (Wildman–Crippen LogP) is 5.29. The number of ether oxygens (including phenoxy) is 2. The summed E-state index contributed by atoms with van der Waals surface area (Å²) in [5.41, 5.74) is 9.80. The van der Waals surface area contributed by atoms with E-state index in [1.54, 1.807) is 25.6 Å². The fourth-order valence-corrected chi connectivity index (χ4v) is 5.49. The number of carbonyl (C=O) groups is 1. The Kier molecular flexibility index (Phi) is 7.56. The molecule has 1 aromatic heterocycles. The van der Waals surface area contributed by atoms with E-state index >= 15 is 0 Å². The number of thiophene rings is 1. The number of hydrogen-bond acceptors (Lipinski definition) is 5. The van der Waals surface area contributed by atoms with Crippen LogP contribution in [0.2, 0.25) is 0 Å². The molecule has 1 aliphatic rings. The molecule has 1 heterocycles. The quantitative estimate of drug-likeness (QED) is 0.591. The zero-order valence-corrected chi connectivity index (χ0v) is 21.3. The van der Waals surface area contributed by atoms with E-state index < -0.39 is 0 Å². The Morgan fingerprint density at radius 2 is 1.81 bits per heavy atom. The second-order valence-corrected chi connectivity index (χ2v) is 11.4. The van der Waals surface area contributed by atoms with Crippen molar-refractivity contribution in [2.24, 2.45) is 11.7 Å². The minimum Gasteiger partial charge on any atom is -0.493 e. The largest absolute Gasteiger partial charge is 0.493 e. The van der Waals surface area contributed by atoms with E-state index in [4.69, 9.17) is 15.2 Å². The molecule has 1 amide bonds. The lowest BCUT2D eigenvalue weighted by molar-refractivity contribution is 0.0922. The van der Waals surface area contributed by atoms with E-state index in [2.05, 4.69) is 37.4 Å². The molecule has 0 spiro atoms. The van der Waals surface area contributed by atoms with Gasteiger partial charge in [0, 0.05) is 22.4 Å². The highest BCUT2D eigenvalue weighted by Gasteiger charge is 2.34. The van der Waals surface area contributed by atoms with Crippen molar-refractivity contribution in [1.82, 2.24) is 5.32 Å². The highest BCUT2D eigenvalue weighted by atomic mass is 32.1. The molecular weight excluding hydrogens is 420 g/mol. The molecular formula is C26H38N2O3S. The van der Waals surface area contributed by atoms with Gasteiger partial charge in [-0.05, 0) is 87.3 Å². The normalized spacial score (nSPS) is 18.4. The van der Waals surface area contributed by atoms with Crippen LogP contribution in [0.3, 0.4) is 0 Å². The lowest BCUT2D eigenvalue weighted by Gasteiger charge is -2.32. The van der Waals surface area contributed by atoms with Gasteiger partial charge in [-0.1, -0.05) is 13.8 Å². The summed E-state index contributed by atoms with van der Waals surface area (Å²) in [4.78, 5) is 15.4. The first-order valence-corrected chi connectivity index (χ1v) is 12.3. The number of nitrogens with two attached hydrogens (primary N) is 1. The molecule has 3 N–H and O–H groups in total. The topological polar surface area (TPSA) is 73.6 Å². The minimum absolute atomic E-state index is 0.0203.